The number of aromatic nitrogens is 4. The Morgan fingerprint density at radius 2 is 1.69 bits per heavy atom. The van der Waals surface area contributed by atoms with E-state index in [1.54, 1.807) is 0 Å². The lowest BCUT2D eigenvalue weighted by molar-refractivity contribution is -0.148. The second-order valence-electron chi connectivity index (χ2n) is 6.88. The van der Waals surface area contributed by atoms with Crippen LogP contribution in [0, 0.1) is 0 Å². The smallest absolute Gasteiger partial charge is 0.438 e. The third-order valence-electron chi connectivity index (χ3n) is 4.29. The maximum atomic E-state index is 12.1. The highest BCUT2D eigenvalue weighted by Gasteiger charge is 2.47. The fourth-order valence-corrected chi connectivity index (χ4v) is 6.19. The highest BCUT2D eigenvalue weighted by molar-refractivity contribution is 7.66. The molecule has 2 aromatic rings. The monoisotopic (exact) mass is 579 g/mol. The van der Waals surface area contributed by atoms with Gasteiger partial charge in [-0.25, -0.2) is 33.2 Å². The first-order valence-corrected chi connectivity index (χ1v) is 13.9. The Morgan fingerprint density at radius 3 is 2.33 bits per heavy atom. The minimum Gasteiger partial charge on any atom is -0.438 e. The summed E-state index contributed by atoms with van der Waals surface area (Å²) >= 11 is 0. The van der Waals surface area contributed by atoms with E-state index < -0.39 is 67.4 Å². The molecule has 7 N–H and O–H groups in total. The molecule has 1 aliphatic rings. The first-order chi connectivity index (χ1) is 16.6. The van der Waals surface area contributed by atoms with E-state index in [-0.39, 0.29) is 17.0 Å². The quantitative estimate of drug-likeness (QED) is 0.105. The zero-order valence-corrected chi connectivity index (χ0v) is 20.6. The summed E-state index contributed by atoms with van der Waals surface area (Å²) < 4.78 is 62.6. The molecular weight excluding hydrogens is 559 g/mol. The number of nitrogen functional groups attached to an aromatic ring is 1. The topological polar surface area (TPSA) is 294 Å². The third-order valence-corrected chi connectivity index (χ3v) is 8.50. The van der Waals surface area contributed by atoms with E-state index in [0.717, 1.165) is 13.3 Å². The molecule has 3 rings (SSSR count). The minimum atomic E-state index is -5.78. The normalized spacial score (nSPS) is 27.3. The Hall–Kier alpha value is -1.89. The molecule has 2 aromatic heterocycles. The first-order valence-electron chi connectivity index (χ1n) is 9.39. The van der Waals surface area contributed by atoms with Crippen molar-refractivity contribution in [3.63, 3.8) is 0 Å². The second-order valence-corrected chi connectivity index (χ2v) is 11.5. The van der Waals surface area contributed by atoms with Gasteiger partial charge in [0.2, 0.25) is 6.79 Å². The molecule has 202 valence electrons. The van der Waals surface area contributed by atoms with E-state index >= 15 is 0 Å². The van der Waals surface area contributed by atoms with E-state index in [9.17, 15) is 43.4 Å². The van der Waals surface area contributed by atoms with Gasteiger partial charge in [-0.3, -0.25) is 13.9 Å². The average Bonchev–Trinajstić information content (AvgIpc) is 3.27. The first kappa shape index (κ1) is 28.7. The van der Waals surface area contributed by atoms with Crippen molar-refractivity contribution in [1.29, 1.82) is 0 Å². The number of phosphoric acid groups is 3. The molecule has 36 heavy (non-hydrogen) atoms. The van der Waals surface area contributed by atoms with Crippen LogP contribution in [0.15, 0.2) is 12.7 Å². The van der Waals surface area contributed by atoms with Gasteiger partial charge in [-0.15, -0.1) is 0 Å². The number of nitrogens with two attached hydrogens (primary N) is 1. The molecular formula is C13H20N5O15P3. The number of aliphatic hydroxyl groups is 2. The van der Waals surface area contributed by atoms with Gasteiger partial charge < -0.3 is 40.1 Å². The number of imidazole rings is 1. The van der Waals surface area contributed by atoms with Crippen LogP contribution in [0.4, 0.5) is 5.82 Å². The Balaban J connectivity index is 1.61. The largest absolute Gasteiger partial charge is 0.490 e. The van der Waals surface area contributed by atoms with Crippen LogP contribution >= 0.6 is 23.5 Å². The molecule has 3 unspecified atom stereocenters. The highest BCUT2D eigenvalue weighted by atomic mass is 31.3. The molecule has 3 heterocycles. The molecule has 20 nitrogen and oxygen atoms in total. The molecule has 0 bridgehead atoms. The number of carbonyl (C=O) groups excluding carboxylic acids is 1. The summed E-state index contributed by atoms with van der Waals surface area (Å²) in [4.78, 5) is 50.8. The maximum Gasteiger partial charge on any atom is 0.490 e. The maximum absolute atomic E-state index is 12.1. The number of aliphatic hydroxyl groups excluding tert-OH is 2. The molecule has 0 aromatic carbocycles. The van der Waals surface area contributed by atoms with Gasteiger partial charge in [-0.1, -0.05) is 0 Å². The summed E-state index contributed by atoms with van der Waals surface area (Å²) in [6, 6.07) is 0. The summed E-state index contributed by atoms with van der Waals surface area (Å²) in [7, 11) is -16.7. The standard InChI is InChI=1S/C13H20N5O15P3/c1-6(19)28-5-30-35(24,25)33-36(26,27)32-34(22,23)29-2-7-9(20)10(21)13(31-7)18-4-17-8-11(14)15-3-16-12(8)18/h3-4,7,9-10,13,20-21H,2,5H2,1H3,(H,22,23)(H,24,25)(H,26,27)(H2,14,15,16)/t7-,9-,10-,13-/m1/s1. The van der Waals surface area contributed by atoms with E-state index in [4.69, 9.17) is 10.5 Å². The van der Waals surface area contributed by atoms with E-state index in [1.807, 2.05) is 0 Å². The molecule has 0 spiro atoms. The van der Waals surface area contributed by atoms with Gasteiger partial charge in [0, 0.05) is 6.92 Å². The van der Waals surface area contributed by atoms with Gasteiger partial charge >= 0.3 is 29.4 Å². The number of hydrogen-bond acceptors (Lipinski definition) is 16. The van der Waals surface area contributed by atoms with Crippen molar-refractivity contribution in [2.24, 2.45) is 0 Å². The average molecular weight is 579 g/mol. The zero-order valence-electron chi connectivity index (χ0n) is 17.9. The van der Waals surface area contributed by atoms with Gasteiger partial charge in [-0.05, 0) is 0 Å². The Morgan fingerprint density at radius 1 is 1.06 bits per heavy atom. The fraction of sp³-hybridized carbons (Fsp3) is 0.538. The van der Waals surface area contributed by atoms with Crippen molar-refractivity contribution in [2.75, 3.05) is 19.1 Å². The lowest BCUT2D eigenvalue weighted by Gasteiger charge is -2.20. The number of phosphoric ester groups is 2. The summed E-state index contributed by atoms with van der Waals surface area (Å²) in [5.41, 5.74) is 6.00. The third kappa shape index (κ3) is 7.11. The highest BCUT2D eigenvalue weighted by Crippen LogP contribution is 2.67. The Bertz CT molecular complexity index is 1260. The van der Waals surface area contributed by atoms with E-state index in [0.29, 0.717) is 0 Å². The lowest BCUT2D eigenvalue weighted by atomic mass is 10.1. The number of anilines is 1. The molecule has 1 saturated heterocycles. The number of ether oxygens (including phenoxy) is 2. The summed E-state index contributed by atoms with van der Waals surface area (Å²) in [6.45, 7) is -1.20. The number of rotatable bonds is 11. The summed E-state index contributed by atoms with van der Waals surface area (Å²) in [5, 5.41) is 20.6. The summed E-state index contributed by atoms with van der Waals surface area (Å²) in [6.07, 6.45) is -3.80. The number of esters is 1. The number of fused-ring (bicyclic) bond motifs is 1. The van der Waals surface area contributed by atoms with Gasteiger partial charge in [0.15, 0.2) is 17.7 Å². The van der Waals surface area contributed by atoms with Gasteiger partial charge in [0.25, 0.3) is 0 Å². The van der Waals surface area contributed by atoms with Crippen molar-refractivity contribution in [1.82, 2.24) is 19.5 Å². The van der Waals surface area contributed by atoms with Gasteiger partial charge in [0.1, 0.15) is 30.2 Å². The molecule has 1 fully saturated rings. The molecule has 0 radical (unpaired) electrons. The fourth-order valence-electron chi connectivity index (χ4n) is 2.82. The molecule has 0 amide bonds. The summed E-state index contributed by atoms with van der Waals surface area (Å²) in [5.74, 6) is -0.890. The number of carbonyl (C=O) groups is 1. The molecule has 0 saturated carbocycles. The molecule has 1 aliphatic heterocycles. The predicted octanol–water partition coefficient (Wildman–Crippen LogP) is -1.08. The number of hydrogen-bond donors (Lipinski definition) is 6. The lowest BCUT2D eigenvalue weighted by Crippen LogP contribution is -2.33. The van der Waals surface area contributed by atoms with E-state index in [1.165, 1.54) is 10.9 Å². The van der Waals surface area contributed by atoms with Crippen LogP contribution in [0.25, 0.3) is 11.2 Å². The Labute approximate surface area is 200 Å². The van der Waals surface area contributed by atoms with Crippen molar-refractivity contribution in [3.8, 4) is 0 Å². The minimum absolute atomic E-state index is 0.0323. The van der Waals surface area contributed by atoms with Crippen molar-refractivity contribution < 1.29 is 70.5 Å². The molecule has 0 aliphatic carbocycles. The van der Waals surface area contributed by atoms with Crippen LogP contribution in [-0.4, -0.2) is 82.1 Å². The second kappa shape index (κ2) is 10.8. The van der Waals surface area contributed by atoms with E-state index in [2.05, 4.69) is 37.4 Å². The zero-order chi connectivity index (χ0) is 26.9. The SMILES string of the molecule is CC(=O)OCOP(=O)(O)OP(=O)(O)OP(=O)(O)OC[C@H]1O[C@@H](n2cnc3c(N)ncnc32)[C@H](O)[C@@H]1O. The van der Waals surface area contributed by atoms with Gasteiger partial charge in [-0.2, -0.15) is 8.62 Å². The molecule has 23 heteroatoms. The Kier molecular flexibility index (Phi) is 8.64. The van der Waals surface area contributed by atoms with Crippen molar-refractivity contribution >= 4 is 46.4 Å². The predicted molar refractivity (Wildman–Crippen MR) is 111 cm³/mol. The molecule has 7 atom stereocenters. The van der Waals surface area contributed by atoms with Gasteiger partial charge in [0.05, 0.1) is 12.9 Å². The van der Waals surface area contributed by atoms with Crippen LogP contribution in [0.2, 0.25) is 0 Å². The van der Waals surface area contributed by atoms with Crippen LogP contribution < -0.4 is 5.73 Å². The van der Waals surface area contributed by atoms with Crippen LogP contribution in [0.5, 0.6) is 0 Å². The van der Waals surface area contributed by atoms with Crippen LogP contribution in [-0.2, 0) is 45.6 Å². The van der Waals surface area contributed by atoms with Crippen molar-refractivity contribution in [3.05, 3.63) is 12.7 Å². The van der Waals surface area contributed by atoms with Crippen LogP contribution in [0.3, 0.4) is 0 Å². The van der Waals surface area contributed by atoms with Crippen molar-refractivity contribution in [2.45, 2.75) is 31.5 Å². The number of nitrogens with zero attached hydrogens (tertiary/aromatic N) is 4. The van der Waals surface area contributed by atoms with Crippen LogP contribution in [0.1, 0.15) is 13.2 Å².